The average molecular weight is 574 g/mol. The van der Waals surface area contributed by atoms with Crippen molar-refractivity contribution in [2.45, 2.75) is 50.5 Å². The number of likely N-dealkylation sites (tertiary alicyclic amines) is 1. The van der Waals surface area contributed by atoms with Gasteiger partial charge in [-0.3, -0.25) is 39.3 Å². The minimum absolute atomic E-state index is 0.0315. The number of carbonyl (C=O) groups excluding carboxylic acids is 4. The van der Waals surface area contributed by atoms with Gasteiger partial charge < -0.3 is 5.32 Å². The van der Waals surface area contributed by atoms with E-state index in [2.05, 4.69) is 20.5 Å². The summed E-state index contributed by atoms with van der Waals surface area (Å²) in [5.74, 6) is -2.79. The Morgan fingerprint density at radius 3 is 2.52 bits per heavy atom. The van der Waals surface area contributed by atoms with E-state index in [1.165, 1.54) is 12.1 Å². The second-order valence-corrected chi connectivity index (χ2v) is 10.9. The molecule has 3 aliphatic rings. The van der Waals surface area contributed by atoms with Gasteiger partial charge in [0.15, 0.2) is 5.67 Å². The van der Waals surface area contributed by atoms with Gasteiger partial charge in [0, 0.05) is 50.0 Å². The summed E-state index contributed by atoms with van der Waals surface area (Å²) in [6.45, 7) is 1.60. The molecule has 0 spiro atoms. The number of fused-ring (bicyclic) bond motifs is 1. The zero-order valence-corrected chi connectivity index (χ0v) is 22.7. The maximum atomic E-state index is 15.4. The molecule has 42 heavy (non-hydrogen) atoms. The molecule has 0 radical (unpaired) electrons. The molecule has 9 nitrogen and oxygen atoms in total. The highest BCUT2D eigenvalue weighted by atomic mass is 19.1. The fraction of sp³-hybridized carbons (Fsp3) is 0.323. The van der Waals surface area contributed by atoms with Crippen LogP contribution < -0.4 is 10.6 Å². The number of carbonyl (C=O) groups is 4. The van der Waals surface area contributed by atoms with Crippen LogP contribution in [-0.4, -0.2) is 57.5 Å². The first kappa shape index (κ1) is 27.6. The molecule has 6 rings (SSSR count). The highest BCUT2D eigenvalue weighted by Gasteiger charge is 2.45. The molecule has 1 atom stereocenters. The van der Waals surface area contributed by atoms with E-state index in [0.29, 0.717) is 49.4 Å². The van der Waals surface area contributed by atoms with Crippen LogP contribution in [0.2, 0.25) is 0 Å². The Morgan fingerprint density at radius 1 is 1.00 bits per heavy atom. The van der Waals surface area contributed by atoms with Crippen molar-refractivity contribution in [3.63, 3.8) is 0 Å². The maximum Gasteiger partial charge on any atom is 0.264 e. The number of halogens is 2. The molecule has 0 aliphatic carbocycles. The van der Waals surface area contributed by atoms with Gasteiger partial charge in [0.05, 0.1) is 16.8 Å². The maximum absolute atomic E-state index is 15.4. The summed E-state index contributed by atoms with van der Waals surface area (Å²) in [6, 6.07) is 13.9. The number of piperidine rings is 2. The van der Waals surface area contributed by atoms with Crippen molar-refractivity contribution in [3.8, 4) is 0 Å². The molecule has 4 heterocycles. The van der Waals surface area contributed by atoms with E-state index in [-0.39, 0.29) is 30.5 Å². The Bertz CT molecular complexity index is 1570. The first-order valence-electron chi connectivity index (χ1n) is 13.9. The predicted octanol–water partition coefficient (Wildman–Crippen LogP) is 3.69. The van der Waals surface area contributed by atoms with Crippen molar-refractivity contribution in [1.29, 1.82) is 0 Å². The Kier molecular flexibility index (Phi) is 7.28. The lowest BCUT2D eigenvalue weighted by Crippen LogP contribution is -2.54. The van der Waals surface area contributed by atoms with Crippen LogP contribution in [0.4, 0.5) is 14.5 Å². The molecule has 0 bridgehead atoms. The number of imide groups is 2. The van der Waals surface area contributed by atoms with Gasteiger partial charge in [-0.2, -0.15) is 0 Å². The van der Waals surface area contributed by atoms with Crippen LogP contribution in [0.15, 0.2) is 60.8 Å². The number of nitrogens with one attached hydrogen (secondary N) is 2. The minimum Gasteiger partial charge on any atom is -0.380 e. The van der Waals surface area contributed by atoms with Crippen LogP contribution >= 0.6 is 0 Å². The summed E-state index contributed by atoms with van der Waals surface area (Å²) in [5.41, 5.74) is 0.734. The Balaban J connectivity index is 1.09. The lowest BCUT2D eigenvalue weighted by Gasteiger charge is -2.36. The number of hydrogen-bond acceptors (Lipinski definition) is 7. The van der Waals surface area contributed by atoms with Gasteiger partial charge in [0.1, 0.15) is 11.9 Å². The largest absolute Gasteiger partial charge is 0.380 e. The Morgan fingerprint density at radius 2 is 1.81 bits per heavy atom. The number of pyridine rings is 1. The second-order valence-electron chi connectivity index (χ2n) is 10.9. The number of nitrogens with zero attached hydrogens (tertiary/aromatic N) is 3. The molecule has 2 saturated heterocycles. The van der Waals surface area contributed by atoms with Gasteiger partial charge >= 0.3 is 0 Å². The zero-order valence-electron chi connectivity index (χ0n) is 22.7. The number of alkyl halides is 1. The summed E-state index contributed by atoms with van der Waals surface area (Å²) in [7, 11) is 0. The van der Waals surface area contributed by atoms with Crippen molar-refractivity contribution < 1.29 is 28.0 Å². The van der Waals surface area contributed by atoms with Gasteiger partial charge in [-0.1, -0.05) is 24.3 Å². The van der Waals surface area contributed by atoms with Crippen molar-refractivity contribution in [3.05, 3.63) is 94.6 Å². The van der Waals surface area contributed by atoms with E-state index in [4.69, 9.17) is 0 Å². The van der Waals surface area contributed by atoms with Crippen molar-refractivity contribution >= 4 is 29.3 Å². The standard InChI is InChI=1S/C31H29F2N5O4/c32-22-16-19(18-37-14-11-31(33,12-15-37)25-6-1-2-13-34-25)7-8-20(22)17-35-23-5-3-4-21-27(23)30(42)38(29(21)41)24-9-10-26(39)36-28(24)40/h1-8,13,16,24,35H,9-12,14-15,17-18H2,(H,36,39,40). The van der Waals surface area contributed by atoms with Gasteiger partial charge in [-0.25, -0.2) is 8.78 Å². The second kappa shape index (κ2) is 11.1. The third-order valence-corrected chi connectivity index (χ3v) is 8.23. The van der Waals surface area contributed by atoms with Crippen molar-refractivity contribution in [2.24, 2.45) is 0 Å². The number of amides is 4. The predicted molar refractivity (Wildman–Crippen MR) is 148 cm³/mol. The molecule has 1 aromatic heterocycles. The smallest absolute Gasteiger partial charge is 0.264 e. The van der Waals surface area contributed by atoms with Crippen LogP contribution in [0.25, 0.3) is 0 Å². The first-order chi connectivity index (χ1) is 20.2. The number of rotatable bonds is 7. The van der Waals surface area contributed by atoms with Crippen molar-refractivity contribution in [1.82, 2.24) is 20.1 Å². The van der Waals surface area contributed by atoms with Crippen LogP contribution in [0.3, 0.4) is 0 Å². The molecule has 3 aromatic rings. The molecule has 3 aliphatic heterocycles. The summed E-state index contributed by atoms with van der Waals surface area (Å²) >= 11 is 0. The van der Waals surface area contributed by atoms with E-state index in [1.807, 2.05) is 6.07 Å². The molecule has 11 heteroatoms. The first-order valence-corrected chi connectivity index (χ1v) is 13.9. The van der Waals surface area contributed by atoms with Crippen LogP contribution in [0.5, 0.6) is 0 Å². The highest BCUT2D eigenvalue weighted by molar-refractivity contribution is 6.25. The highest BCUT2D eigenvalue weighted by Crippen LogP contribution is 2.36. The van der Waals surface area contributed by atoms with E-state index in [0.717, 1.165) is 10.5 Å². The lowest BCUT2D eigenvalue weighted by atomic mass is 9.89. The minimum atomic E-state index is -1.46. The molecular formula is C31H29F2N5O4. The molecule has 1 unspecified atom stereocenters. The topological polar surface area (TPSA) is 112 Å². The monoisotopic (exact) mass is 573 g/mol. The van der Waals surface area contributed by atoms with E-state index >= 15 is 8.78 Å². The van der Waals surface area contributed by atoms with E-state index in [1.54, 1.807) is 42.6 Å². The van der Waals surface area contributed by atoms with E-state index in [9.17, 15) is 19.2 Å². The van der Waals surface area contributed by atoms with Gasteiger partial charge in [-0.15, -0.1) is 0 Å². The van der Waals surface area contributed by atoms with Crippen LogP contribution in [0, 0.1) is 5.82 Å². The summed E-state index contributed by atoms with van der Waals surface area (Å²) in [6.07, 6.45) is 2.33. The molecule has 0 saturated carbocycles. The van der Waals surface area contributed by atoms with Gasteiger partial charge in [0.2, 0.25) is 11.8 Å². The molecule has 2 fully saturated rings. The van der Waals surface area contributed by atoms with Crippen molar-refractivity contribution in [2.75, 3.05) is 18.4 Å². The molecule has 2 aromatic carbocycles. The third-order valence-electron chi connectivity index (χ3n) is 8.23. The third kappa shape index (κ3) is 5.16. The van der Waals surface area contributed by atoms with Gasteiger partial charge in [0.25, 0.3) is 11.8 Å². The summed E-state index contributed by atoms with van der Waals surface area (Å²) in [4.78, 5) is 57.4. The molecule has 216 valence electrons. The Labute approximate surface area is 240 Å². The summed E-state index contributed by atoms with van der Waals surface area (Å²) in [5, 5.41) is 5.25. The molecule has 4 amide bonds. The quantitative estimate of drug-likeness (QED) is 0.415. The van der Waals surface area contributed by atoms with E-state index < -0.39 is 41.2 Å². The van der Waals surface area contributed by atoms with Crippen LogP contribution in [-0.2, 0) is 28.3 Å². The Hall–Kier alpha value is -4.51. The molecule has 2 N–H and O–H groups in total. The van der Waals surface area contributed by atoms with Gasteiger partial charge in [-0.05, 0) is 55.2 Å². The number of benzene rings is 2. The van der Waals surface area contributed by atoms with Crippen LogP contribution in [0.1, 0.15) is 63.2 Å². The fourth-order valence-corrected chi connectivity index (χ4v) is 5.89. The number of aromatic nitrogens is 1. The lowest BCUT2D eigenvalue weighted by molar-refractivity contribution is -0.136. The molecular weight excluding hydrogens is 544 g/mol. The summed E-state index contributed by atoms with van der Waals surface area (Å²) < 4.78 is 30.5. The zero-order chi connectivity index (χ0) is 29.4. The normalized spacial score (nSPS) is 20.4. The number of hydrogen-bond donors (Lipinski definition) is 2. The number of anilines is 1. The SMILES string of the molecule is O=C1CCC(N2C(=O)c3cccc(NCc4ccc(CN5CCC(F)(c6ccccn6)CC5)cc4F)c3C2=O)C(=O)N1. The fourth-order valence-electron chi connectivity index (χ4n) is 5.89. The average Bonchev–Trinajstić information content (AvgIpc) is 3.24.